The van der Waals surface area contributed by atoms with Crippen molar-refractivity contribution in [1.29, 1.82) is 0 Å². The number of hydrogen-bond acceptors (Lipinski definition) is 10. The Morgan fingerprint density at radius 3 is 2.29 bits per heavy atom. The molecule has 7 atom stereocenters. The summed E-state index contributed by atoms with van der Waals surface area (Å²) in [6.07, 6.45) is -9.05. The van der Waals surface area contributed by atoms with Crippen LogP contribution >= 0.6 is 0 Å². The van der Waals surface area contributed by atoms with Crippen LogP contribution in [0, 0.1) is 0 Å². The summed E-state index contributed by atoms with van der Waals surface area (Å²) >= 11 is 0. The van der Waals surface area contributed by atoms with Crippen LogP contribution < -0.4 is 9.47 Å². The topological polar surface area (TPSA) is 169 Å². The Morgan fingerprint density at radius 2 is 1.61 bits per heavy atom. The van der Waals surface area contributed by atoms with E-state index >= 15 is 0 Å². The highest BCUT2D eigenvalue weighted by molar-refractivity contribution is 5.52. The summed E-state index contributed by atoms with van der Waals surface area (Å²) in [7, 11) is 0. The van der Waals surface area contributed by atoms with E-state index in [2.05, 4.69) is 0 Å². The number of fused-ring (bicyclic) bond motifs is 1. The van der Waals surface area contributed by atoms with Crippen molar-refractivity contribution >= 4 is 0 Å². The highest BCUT2D eigenvalue weighted by Gasteiger charge is 2.45. The fourth-order valence-electron chi connectivity index (χ4n) is 3.79. The van der Waals surface area contributed by atoms with Gasteiger partial charge < -0.3 is 50.0 Å². The highest BCUT2D eigenvalue weighted by Crippen LogP contribution is 2.43. The summed E-state index contributed by atoms with van der Waals surface area (Å²) in [5.41, 5.74) is 1.02. The second-order valence-electron chi connectivity index (χ2n) is 7.64. The Balaban J connectivity index is 1.61. The molecule has 0 radical (unpaired) electrons. The van der Waals surface area contributed by atoms with E-state index in [0.717, 1.165) is 0 Å². The number of aliphatic hydroxyl groups is 5. The van der Waals surface area contributed by atoms with Gasteiger partial charge in [0, 0.05) is 24.1 Å². The second kappa shape index (κ2) is 8.50. The number of rotatable bonds is 4. The Morgan fingerprint density at radius 1 is 0.903 bits per heavy atom. The molecule has 1 saturated heterocycles. The zero-order valence-corrected chi connectivity index (χ0v) is 16.3. The number of benzene rings is 2. The highest BCUT2D eigenvalue weighted by atomic mass is 16.7. The Bertz CT molecular complexity index is 915. The lowest BCUT2D eigenvalue weighted by atomic mass is 9.94. The SMILES string of the molecule is OCC1OC(Oc2cc(O)cc3c2CC(O)C(c2ccc(O)cc2)O3)C(O)C(O)C1O. The smallest absolute Gasteiger partial charge is 0.229 e. The molecule has 2 aliphatic rings. The molecule has 0 aliphatic carbocycles. The van der Waals surface area contributed by atoms with E-state index in [4.69, 9.17) is 14.2 Å². The first-order valence-electron chi connectivity index (χ1n) is 9.75. The first-order chi connectivity index (χ1) is 14.8. The van der Waals surface area contributed by atoms with Gasteiger partial charge in [-0.3, -0.25) is 0 Å². The molecule has 7 unspecified atom stereocenters. The van der Waals surface area contributed by atoms with Gasteiger partial charge in [0.1, 0.15) is 53.5 Å². The van der Waals surface area contributed by atoms with E-state index in [1.807, 2.05) is 0 Å². The lowest BCUT2D eigenvalue weighted by molar-refractivity contribution is -0.277. The van der Waals surface area contributed by atoms with E-state index in [1.54, 1.807) is 12.1 Å². The van der Waals surface area contributed by atoms with Crippen LogP contribution in [0.2, 0.25) is 0 Å². The zero-order valence-electron chi connectivity index (χ0n) is 16.3. The van der Waals surface area contributed by atoms with Crippen molar-refractivity contribution < 1.29 is 50.0 Å². The van der Waals surface area contributed by atoms with Crippen molar-refractivity contribution in [1.82, 2.24) is 0 Å². The normalized spacial score (nSPS) is 32.7. The number of aromatic hydroxyl groups is 2. The molecule has 10 nitrogen and oxygen atoms in total. The van der Waals surface area contributed by atoms with E-state index in [1.165, 1.54) is 24.3 Å². The van der Waals surface area contributed by atoms with Crippen LogP contribution in [0.5, 0.6) is 23.0 Å². The van der Waals surface area contributed by atoms with Crippen LogP contribution in [0.25, 0.3) is 0 Å². The van der Waals surface area contributed by atoms with Gasteiger partial charge in [-0.15, -0.1) is 0 Å². The van der Waals surface area contributed by atoms with Gasteiger partial charge in [0.05, 0.1) is 12.7 Å². The average Bonchev–Trinajstić information content (AvgIpc) is 2.75. The van der Waals surface area contributed by atoms with Crippen LogP contribution in [0.1, 0.15) is 17.2 Å². The summed E-state index contributed by atoms with van der Waals surface area (Å²) < 4.78 is 16.9. The van der Waals surface area contributed by atoms with Gasteiger partial charge in [-0.2, -0.15) is 0 Å². The van der Waals surface area contributed by atoms with Crippen LogP contribution in [0.15, 0.2) is 36.4 Å². The Hall–Kier alpha value is -2.60. The van der Waals surface area contributed by atoms with Crippen LogP contribution in [0.4, 0.5) is 0 Å². The fourth-order valence-corrected chi connectivity index (χ4v) is 3.79. The van der Waals surface area contributed by atoms with Crippen LogP contribution in [-0.4, -0.2) is 79.2 Å². The molecule has 2 heterocycles. The third-order valence-corrected chi connectivity index (χ3v) is 5.48. The molecule has 2 aromatic rings. The van der Waals surface area contributed by atoms with E-state index in [-0.39, 0.29) is 29.4 Å². The minimum Gasteiger partial charge on any atom is -0.508 e. The molecule has 4 rings (SSSR count). The van der Waals surface area contributed by atoms with Crippen LogP contribution in [0.3, 0.4) is 0 Å². The molecular formula is C21H24O10. The second-order valence-corrected chi connectivity index (χ2v) is 7.64. The van der Waals surface area contributed by atoms with Gasteiger partial charge in [0.2, 0.25) is 6.29 Å². The number of phenolic OH excluding ortho intramolecular Hbond substituents is 2. The molecule has 31 heavy (non-hydrogen) atoms. The van der Waals surface area contributed by atoms with Gasteiger partial charge >= 0.3 is 0 Å². The van der Waals surface area contributed by atoms with Crippen molar-refractivity contribution in [2.45, 2.75) is 49.3 Å². The Kier molecular flexibility index (Phi) is 5.93. The minimum absolute atomic E-state index is 0.0440. The molecule has 0 amide bonds. The van der Waals surface area contributed by atoms with Crippen molar-refractivity contribution in [3.05, 3.63) is 47.5 Å². The van der Waals surface area contributed by atoms with Gasteiger partial charge in [-0.1, -0.05) is 12.1 Å². The standard InChI is InChI=1S/C21H24O10/c22-8-16-17(26)18(27)19(28)21(31-16)30-15-6-11(24)5-14-12(15)7-13(25)20(29-14)9-1-3-10(23)4-2-9/h1-6,13,16-28H,7-8H2. The van der Waals surface area contributed by atoms with Gasteiger partial charge in [-0.25, -0.2) is 0 Å². The van der Waals surface area contributed by atoms with E-state index in [0.29, 0.717) is 11.1 Å². The molecule has 7 N–H and O–H groups in total. The van der Waals surface area contributed by atoms with Crippen LogP contribution in [-0.2, 0) is 11.2 Å². The maximum atomic E-state index is 10.7. The predicted molar refractivity (Wildman–Crippen MR) is 104 cm³/mol. The van der Waals surface area contributed by atoms with Crippen molar-refractivity contribution in [3.63, 3.8) is 0 Å². The number of aliphatic hydroxyl groups excluding tert-OH is 5. The lowest BCUT2D eigenvalue weighted by Crippen LogP contribution is -2.60. The molecule has 168 valence electrons. The molecule has 2 aromatic carbocycles. The number of phenols is 2. The molecule has 1 fully saturated rings. The quantitative estimate of drug-likeness (QED) is 0.326. The van der Waals surface area contributed by atoms with Gasteiger partial charge in [0.15, 0.2) is 0 Å². The number of hydrogen-bond donors (Lipinski definition) is 7. The summed E-state index contributed by atoms with van der Waals surface area (Å²) in [6, 6.07) is 8.77. The summed E-state index contributed by atoms with van der Waals surface area (Å²) in [5, 5.41) is 69.7. The fraction of sp³-hybridized carbons (Fsp3) is 0.429. The van der Waals surface area contributed by atoms with E-state index in [9.17, 15) is 35.7 Å². The summed E-state index contributed by atoms with van der Waals surface area (Å²) in [5.74, 6) is 0.145. The van der Waals surface area contributed by atoms with Gasteiger partial charge in [0.25, 0.3) is 0 Å². The van der Waals surface area contributed by atoms with E-state index < -0.39 is 49.5 Å². The number of ether oxygens (including phenoxy) is 3. The minimum atomic E-state index is -1.63. The first kappa shape index (κ1) is 21.6. The van der Waals surface area contributed by atoms with Crippen molar-refractivity contribution in [2.75, 3.05) is 6.61 Å². The predicted octanol–water partition coefficient (Wildman–Crippen LogP) is -0.686. The maximum absolute atomic E-state index is 10.7. The molecule has 0 saturated carbocycles. The molecule has 2 aliphatic heterocycles. The molecule has 0 aromatic heterocycles. The van der Waals surface area contributed by atoms with Gasteiger partial charge in [-0.05, 0) is 17.7 Å². The largest absolute Gasteiger partial charge is 0.508 e. The zero-order chi connectivity index (χ0) is 22.3. The third kappa shape index (κ3) is 4.13. The Labute approximate surface area is 177 Å². The lowest BCUT2D eigenvalue weighted by Gasteiger charge is -2.40. The summed E-state index contributed by atoms with van der Waals surface area (Å²) in [6.45, 7) is -0.612. The molecule has 0 bridgehead atoms. The van der Waals surface area contributed by atoms with Crippen molar-refractivity contribution in [3.8, 4) is 23.0 Å². The van der Waals surface area contributed by atoms with Crippen molar-refractivity contribution in [2.24, 2.45) is 0 Å². The summed E-state index contributed by atoms with van der Waals surface area (Å²) in [4.78, 5) is 0. The monoisotopic (exact) mass is 436 g/mol. The average molecular weight is 436 g/mol. The molecule has 10 heteroatoms. The first-order valence-corrected chi connectivity index (χ1v) is 9.75. The maximum Gasteiger partial charge on any atom is 0.229 e. The third-order valence-electron chi connectivity index (χ3n) is 5.48. The molecule has 0 spiro atoms. The molecular weight excluding hydrogens is 412 g/mol.